The van der Waals surface area contributed by atoms with Crippen LogP contribution in [0.15, 0.2) is 46.9 Å². The molecule has 0 bridgehead atoms. The Labute approximate surface area is 103 Å². The van der Waals surface area contributed by atoms with Crippen molar-refractivity contribution in [3.63, 3.8) is 0 Å². The Morgan fingerprint density at radius 2 is 1.89 bits per heavy atom. The van der Waals surface area contributed by atoms with Crippen LogP contribution in [0.25, 0.3) is 0 Å². The van der Waals surface area contributed by atoms with E-state index in [2.05, 4.69) is 0 Å². The highest BCUT2D eigenvalue weighted by molar-refractivity contribution is 5.84. The van der Waals surface area contributed by atoms with Crippen molar-refractivity contribution in [1.82, 2.24) is 0 Å². The molecule has 0 aliphatic rings. The molecule has 1 atom stereocenters. The van der Waals surface area contributed by atoms with Crippen LogP contribution in [0.1, 0.15) is 21.9 Å². The van der Waals surface area contributed by atoms with Gasteiger partial charge in [0.15, 0.2) is 5.60 Å². The molecule has 0 amide bonds. The summed E-state index contributed by atoms with van der Waals surface area (Å²) in [5.74, 6) is -1.30. The van der Waals surface area contributed by atoms with Crippen molar-refractivity contribution in [2.24, 2.45) is 5.73 Å². The minimum atomic E-state index is -1.52. The average molecular weight is 247 g/mol. The predicted molar refractivity (Wildman–Crippen MR) is 64.2 cm³/mol. The highest BCUT2D eigenvalue weighted by atomic mass is 16.4. The van der Waals surface area contributed by atoms with E-state index >= 15 is 0 Å². The zero-order valence-corrected chi connectivity index (χ0v) is 9.54. The van der Waals surface area contributed by atoms with Gasteiger partial charge in [-0.05, 0) is 17.7 Å². The quantitative estimate of drug-likeness (QED) is 0.753. The Bertz CT molecular complexity index is 549. The summed E-state index contributed by atoms with van der Waals surface area (Å²) in [5, 5.41) is 19.3. The molecule has 94 valence electrons. The van der Waals surface area contributed by atoms with Crippen molar-refractivity contribution in [3.8, 4) is 0 Å². The second-order valence-corrected chi connectivity index (χ2v) is 3.90. The Hall–Kier alpha value is -2.11. The smallest absolute Gasteiger partial charge is 0.371 e. The number of hydrogen-bond donors (Lipinski definition) is 3. The molecule has 0 fully saturated rings. The van der Waals surface area contributed by atoms with Gasteiger partial charge in [0.05, 0.1) is 0 Å². The zero-order valence-electron chi connectivity index (χ0n) is 9.54. The number of aliphatic hydroxyl groups is 1. The molecule has 1 aromatic heterocycles. The Kier molecular flexibility index (Phi) is 3.18. The van der Waals surface area contributed by atoms with E-state index in [9.17, 15) is 9.90 Å². The molecule has 18 heavy (non-hydrogen) atoms. The molecule has 0 radical (unpaired) electrons. The first-order valence-corrected chi connectivity index (χ1v) is 5.39. The maximum absolute atomic E-state index is 10.8. The van der Waals surface area contributed by atoms with Crippen LogP contribution in [-0.2, 0) is 5.60 Å². The van der Waals surface area contributed by atoms with E-state index in [1.165, 1.54) is 12.1 Å². The van der Waals surface area contributed by atoms with Crippen LogP contribution < -0.4 is 5.73 Å². The van der Waals surface area contributed by atoms with Crippen molar-refractivity contribution in [3.05, 3.63) is 59.5 Å². The second kappa shape index (κ2) is 4.64. The summed E-state index contributed by atoms with van der Waals surface area (Å²) in [6.07, 6.45) is 0. The predicted octanol–water partition coefficient (Wildman–Crippen LogP) is 1.17. The minimum absolute atomic E-state index is 0.108. The number of carboxylic acids is 1. The molecule has 1 unspecified atom stereocenters. The highest BCUT2D eigenvalue weighted by Gasteiger charge is 2.33. The number of carboxylic acid groups (broad SMARTS) is 1. The van der Waals surface area contributed by atoms with Gasteiger partial charge >= 0.3 is 5.97 Å². The number of nitrogens with two attached hydrogens (primary N) is 1. The Morgan fingerprint density at radius 3 is 2.39 bits per heavy atom. The van der Waals surface area contributed by atoms with E-state index in [-0.39, 0.29) is 18.1 Å². The van der Waals surface area contributed by atoms with Gasteiger partial charge in [-0.3, -0.25) is 0 Å². The van der Waals surface area contributed by atoms with E-state index in [1.54, 1.807) is 24.3 Å². The summed E-state index contributed by atoms with van der Waals surface area (Å²) in [6, 6.07) is 11.5. The zero-order chi connectivity index (χ0) is 13.2. The molecular weight excluding hydrogens is 234 g/mol. The molecule has 0 saturated carbocycles. The van der Waals surface area contributed by atoms with Gasteiger partial charge in [0.2, 0.25) is 5.76 Å². The van der Waals surface area contributed by atoms with Gasteiger partial charge < -0.3 is 20.4 Å². The van der Waals surface area contributed by atoms with E-state index in [4.69, 9.17) is 15.3 Å². The molecule has 1 heterocycles. The molecule has 2 rings (SSSR count). The first kappa shape index (κ1) is 12.3. The number of hydrogen-bond acceptors (Lipinski definition) is 4. The lowest BCUT2D eigenvalue weighted by Crippen LogP contribution is -2.35. The van der Waals surface area contributed by atoms with Gasteiger partial charge in [-0.15, -0.1) is 0 Å². The fraction of sp³-hybridized carbons (Fsp3) is 0.154. The summed E-state index contributed by atoms with van der Waals surface area (Å²) < 4.78 is 5.13. The van der Waals surface area contributed by atoms with Crippen LogP contribution >= 0.6 is 0 Å². The largest absolute Gasteiger partial charge is 0.475 e. The number of aromatic carboxylic acids is 1. The van der Waals surface area contributed by atoms with E-state index in [0.29, 0.717) is 5.56 Å². The average Bonchev–Trinajstić information content (AvgIpc) is 2.89. The third kappa shape index (κ3) is 2.01. The van der Waals surface area contributed by atoms with Gasteiger partial charge in [-0.2, -0.15) is 0 Å². The first-order valence-electron chi connectivity index (χ1n) is 5.39. The van der Waals surface area contributed by atoms with E-state index < -0.39 is 11.6 Å². The summed E-state index contributed by atoms with van der Waals surface area (Å²) in [7, 11) is 0. The number of carbonyl (C=O) groups is 1. The lowest BCUT2D eigenvalue weighted by Gasteiger charge is -2.24. The monoisotopic (exact) mass is 247 g/mol. The van der Waals surface area contributed by atoms with E-state index in [0.717, 1.165) is 0 Å². The van der Waals surface area contributed by atoms with Crippen LogP contribution in [-0.4, -0.2) is 22.7 Å². The molecule has 1 aromatic carbocycles. The standard InChI is InChI=1S/C13H13NO4/c14-8-13(17,9-4-2-1-3-5-9)11-7-6-10(18-11)12(15)16/h1-7,17H,8,14H2,(H,15,16). The summed E-state index contributed by atoms with van der Waals surface area (Å²) in [6.45, 7) is -0.108. The maximum atomic E-state index is 10.8. The Balaban J connectivity index is 2.46. The molecule has 5 nitrogen and oxygen atoms in total. The molecule has 2 aromatic rings. The fourth-order valence-corrected chi connectivity index (χ4v) is 1.75. The SMILES string of the molecule is NCC(O)(c1ccccc1)c1ccc(C(=O)O)o1. The molecule has 0 spiro atoms. The maximum Gasteiger partial charge on any atom is 0.371 e. The van der Waals surface area contributed by atoms with Crippen molar-refractivity contribution in [2.75, 3.05) is 6.54 Å². The van der Waals surface area contributed by atoms with Crippen molar-refractivity contribution < 1.29 is 19.4 Å². The number of benzene rings is 1. The van der Waals surface area contributed by atoms with Crippen molar-refractivity contribution in [2.45, 2.75) is 5.60 Å². The molecule has 0 saturated heterocycles. The first-order chi connectivity index (χ1) is 8.58. The molecule has 5 heteroatoms. The van der Waals surface area contributed by atoms with Gasteiger partial charge in [-0.1, -0.05) is 30.3 Å². The van der Waals surface area contributed by atoms with Gasteiger partial charge in [0.1, 0.15) is 5.76 Å². The van der Waals surface area contributed by atoms with Crippen LogP contribution in [0.3, 0.4) is 0 Å². The number of rotatable bonds is 4. The summed E-state index contributed by atoms with van der Waals surface area (Å²) in [5.41, 5.74) is 4.63. The normalized spacial score (nSPS) is 14.1. The Morgan fingerprint density at radius 1 is 1.22 bits per heavy atom. The molecular formula is C13H13NO4. The third-order valence-electron chi connectivity index (χ3n) is 2.77. The van der Waals surface area contributed by atoms with Gasteiger partial charge in [0.25, 0.3) is 0 Å². The second-order valence-electron chi connectivity index (χ2n) is 3.90. The lowest BCUT2D eigenvalue weighted by atomic mass is 9.91. The van der Waals surface area contributed by atoms with E-state index in [1.807, 2.05) is 6.07 Å². The van der Waals surface area contributed by atoms with Crippen molar-refractivity contribution in [1.29, 1.82) is 0 Å². The molecule has 0 aliphatic heterocycles. The summed E-state index contributed by atoms with van der Waals surface area (Å²) >= 11 is 0. The van der Waals surface area contributed by atoms with Gasteiger partial charge in [-0.25, -0.2) is 4.79 Å². The van der Waals surface area contributed by atoms with Crippen LogP contribution in [0.2, 0.25) is 0 Å². The minimum Gasteiger partial charge on any atom is -0.475 e. The third-order valence-corrected chi connectivity index (χ3v) is 2.77. The van der Waals surface area contributed by atoms with Crippen LogP contribution in [0.4, 0.5) is 0 Å². The lowest BCUT2D eigenvalue weighted by molar-refractivity contribution is 0.0559. The summed E-state index contributed by atoms with van der Waals surface area (Å²) in [4.78, 5) is 10.8. The van der Waals surface area contributed by atoms with Gasteiger partial charge in [0, 0.05) is 6.54 Å². The van der Waals surface area contributed by atoms with Crippen LogP contribution in [0, 0.1) is 0 Å². The highest BCUT2D eigenvalue weighted by Crippen LogP contribution is 2.29. The number of furan rings is 1. The fourth-order valence-electron chi connectivity index (χ4n) is 1.75. The molecule has 0 aliphatic carbocycles. The topological polar surface area (TPSA) is 96.7 Å². The van der Waals surface area contributed by atoms with Crippen molar-refractivity contribution >= 4 is 5.97 Å². The molecule has 4 N–H and O–H groups in total. The van der Waals surface area contributed by atoms with Crippen LogP contribution in [0.5, 0.6) is 0 Å².